The molecule has 18 nitrogen and oxygen atoms in total. The molecule has 0 aromatic carbocycles. The van der Waals surface area contributed by atoms with Crippen LogP contribution in [-0.4, -0.2) is 74.2 Å². The fourth-order valence-corrected chi connectivity index (χ4v) is 8.74. The summed E-state index contributed by atoms with van der Waals surface area (Å²) in [6, 6.07) is 7.68. The van der Waals surface area contributed by atoms with Gasteiger partial charge in [0.1, 0.15) is 29.5 Å². The second-order valence-electron chi connectivity index (χ2n) is 8.33. The lowest BCUT2D eigenvalue weighted by Gasteiger charge is -2.19. The molecule has 6 atom stereocenters. The molecule has 4 aromatic heterocycles. The van der Waals surface area contributed by atoms with Crippen LogP contribution >= 0.6 is 46.1 Å². The van der Waals surface area contributed by atoms with Crippen LogP contribution in [0.25, 0.3) is 31.5 Å². The summed E-state index contributed by atoms with van der Waals surface area (Å²) in [4.78, 5) is 51.8. The Kier molecular flexibility index (Phi) is 8.39. The van der Waals surface area contributed by atoms with Crippen molar-refractivity contribution < 1.29 is 61.4 Å². The molecule has 1 aliphatic heterocycles. The zero-order valence-corrected chi connectivity index (χ0v) is 24.4. The molecule has 1 saturated heterocycles. The molecule has 0 radical (unpaired) electrons. The van der Waals surface area contributed by atoms with Gasteiger partial charge in [0, 0.05) is 9.75 Å². The number of hydrogen-bond acceptors (Lipinski definition) is 15. The minimum absolute atomic E-state index is 0.113. The molecule has 8 N–H and O–H groups in total. The highest BCUT2D eigenvalue weighted by Crippen LogP contribution is 2.66. The van der Waals surface area contributed by atoms with E-state index < -0.39 is 54.6 Å². The van der Waals surface area contributed by atoms with Gasteiger partial charge in [0.15, 0.2) is 11.9 Å². The molecule has 41 heavy (non-hydrogen) atoms. The van der Waals surface area contributed by atoms with Gasteiger partial charge in [0.2, 0.25) is 5.95 Å². The number of nitrogens with two attached hydrogens (primary N) is 1. The first-order valence-electron chi connectivity index (χ1n) is 11.1. The summed E-state index contributed by atoms with van der Waals surface area (Å²) in [6.07, 6.45) is -4.94. The Bertz CT molecular complexity index is 1710. The van der Waals surface area contributed by atoms with E-state index in [1.807, 2.05) is 29.6 Å². The number of phosphoric acid groups is 3. The molecule has 222 valence electrons. The summed E-state index contributed by atoms with van der Waals surface area (Å²) in [6.45, 7) is -0.978. The third-order valence-corrected chi connectivity index (χ3v) is 11.4. The molecular formula is C18H20N5O13P3S2. The number of phosphoric ester groups is 1. The summed E-state index contributed by atoms with van der Waals surface area (Å²) >= 11 is 3.02. The molecule has 1 aliphatic rings. The molecular weight excluding hydrogens is 651 g/mol. The average molecular weight is 671 g/mol. The zero-order valence-electron chi connectivity index (χ0n) is 20.0. The summed E-state index contributed by atoms with van der Waals surface area (Å²) in [5.41, 5.74) is 6.82. The van der Waals surface area contributed by atoms with Crippen LogP contribution in [0.2, 0.25) is 0 Å². The summed E-state index contributed by atoms with van der Waals surface area (Å²) in [7, 11) is -16.8. The lowest BCUT2D eigenvalue weighted by atomic mass is 10.1. The maximum Gasteiger partial charge on any atom is 0.490 e. The predicted molar refractivity (Wildman–Crippen MR) is 142 cm³/mol. The molecule has 23 heteroatoms. The highest BCUT2D eigenvalue weighted by molar-refractivity contribution is 7.66. The smallest absolute Gasteiger partial charge is 0.387 e. The number of thiophene rings is 2. The molecule has 3 unspecified atom stereocenters. The second kappa shape index (κ2) is 11.3. The Morgan fingerprint density at radius 3 is 2.39 bits per heavy atom. The van der Waals surface area contributed by atoms with Crippen molar-refractivity contribution in [2.24, 2.45) is 0 Å². The largest absolute Gasteiger partial charge is 0.490 e. The van der Waals surface area contributed by atoms with E-state index in [1.54, 1.807) is 11.3 Å². The number of nitrogen functional groups attached to an aromatic ring is 1. The van der Waals surface area contributed by atoms with Crippen molar-refractivity contribution in [1.82, 2.24) is 19.5 Å². The van der Waals surface area contributed by atoms with Crippen molar-refractivity contribution in [1.29, 1.82) is 0 Å². The van der Waals surface area contributed by atoms with Crippen molar-refractivity contribution in [3.8, 4) is 20.3 Å². The summed E-state index contributed by atoms with van der Waals surface area (Å²) < 4.78 is 53.0. The van der Waals surface area contributed by atoms with E-state index in [1.165, 1.54) is 22.2 Å². The van der Waals surface area contributed by atoms with E-state index >= 15 is 0 Å². The Labute approximate surface area is 237 Å². The Morgan fingerprint density at radius 1 is 0.976 bits per heavy atom. The number of aromatic nitrogens is 4. The van der Waals surface area contributed by atoms with Gasteiger partial charge in [0.25, 0.3) is 0 Å². The number of hydrogen-bond donors (Lipinski definition) is 7. The molecule has 0 spiro atoms. The van der Waals surface area contributed by atoms with Gasteiger partial charge in [-0.15, -0.1) is 22.7 Å². The molecule has 0 saturated carbocycles. The first-order chi connectivity index (χ1) is 19.1. The first-order valence-corrected chi connectivity index (χ1v) is 17.3. The number of ether oxygens (including phenoxy) is 1. The van der Waals surface area contributed by atoms with Gasteiger partial charge >= 0.3 is 23.5 Å². The highest BCUT2D eigenvalue weighted by Gasteiger charge is 2.47. The lowest BCUT2D eigenvalue weighted by molar-refractivity contribution is -0.0503. The molecule has 0 aliphatic carbocycles. The van der Waals surface area contributed by atoms with Crippen LogP contribution in [0, 0.1) is 0 Å². The van der Waals surface area contributed by atoms with Gasteiger partial charge in [-0.3, -0.25) is 9.09 Å². The normalized spacial score (nSPS) is 24.4. The van der Waals surface area contributed by atoms with E-state index in [4.69, 9.17) is 20.3 Å². The summed E-state index contributed by atoms with van der Waals surface area (Å²) in [5, 5.41) is 23.1. The Hall–Kier alpha value is -1.96. The van der Waals surface area contributed by atoms with E-state index in [2.05, 4.69) is 28.1 Å². The van der Waals surface area contributed by atoms with Gasteiger partial charge < -0.3 is 40.3 Å². The van der Waals surface area contributed by atoms with Crippen molar-refractivity contribution in [3.05, 3.63) is 36.0 Å². The SMILES string of the molecule is Nc1nc(-c2ccc(-c3cccs3)s2)c2ncn([C@@H]3O[C@H](COP(=O)(O)OP(=O)(O)OP(=O)(O)O)C(O)[C@@H]3O)c2n1. The van der Waals surface area contributed by atoms with Crippen LogP contribution < -0.4 is 5.73 Å². The van der Waals surface area contributed by atoms with Crippen LogP contribution in [0.1, 0.15) is 6.23 Å². The highest BCUT2D eigenvalue weighted by atomic mass is 32.1. The topological polar surface area (TPSA) is 279 Å². The van der Waals surface area contributed by atoms with Gasteiger partial charge in [-0.25, -0.2) is 23.7 Å². The fourth-order valence-electron chi connectivity index (χ4n) is 3.88. The van der Waals surface area contributed by atoms with Crippen LogP contribution in [0.3, 0.4) is 0 Å². The average Bonchev–Trinajstić information content (AvgIpc) is 3.63. The summed E-state index contributed by atoms with van der Waals surface area (Å²) in [5.74, 6) is -0.113. The van der Waals surface area contributed by atoms with Gasteiger partial charge in [0.05, 0.1) is 17.8 Å². The number of fused-ring (bicyclic) bond motifs is 1. The standard InChI is InChI=1S/C18H20N5O13P3S2/c19-18-21-12(11-4-3-10(41-11)9-2-1-5-40-9)13-16(22-18)23(7-20-13)17-15(25)14(24)8(34-17)6-33-38(29,30)36-39(31,32)35-37(26,27)28/h1-5,7-8,14-15,17,24-25H,6H2,(H,29,30)(H,31,32)(H2,19,21,22)(H2,26,27,28)/t8-,14?,15+,17-/m1/s1. The molecule has 0 bridgehead atoms. The van der Waals surface area contributed by atoms with E-state index in [-0.39, 0.29) is 11.6 Å². The molecule has 0 amide bonds. The zero-order chi connectivity index (χ0) is 29.7. The Morgan fingerprint density at radius 2 is 1.71 bits per heavy atom. The molecule has 5 heterocycles. The number of rotatable bonds is 10. The maximum atomic E-state index is 12.0. The number of aliphatic hydroxyl groups is 2. The first kappa shape index (κ1) is 30.5. The van der Waals surface area contributed by atoms with E-state index in [0.717, 1.165) is 14.6 Å². The van der Waals surface area contributed by atoms with Crippen molar-refractivity contribution in [3.63, 3.8) is 0 Å². The monoisotopic (exact) mass is 671 g/mol. The lowest BCUT2D eigenvalue weighted by Crippen LogP contribution is -2.33. The molecule has 4 aromatic rings. The third kappa shape index (κ3) is 6.83. The second-order valence-corrected chi connectivity index (χ2v) is 14.8. The van der Waals surface area contributed by atoms with Gasteiger partial charge in [-0.2, -0.15) is 13.6 Å². The van der Waals surface area contributed by atoms with E-state index in [9.17, 15) is 33.7 Å². The van der Waals surface area contributed by atoms with Crippen LogP contribution in [0.15, 0.2) is 36.0 Å². The molecule has 5 rings (SSSR count). The quantitative estimate of drug-likeness (QED) is 0.118. The number of nitrogens with zero attached hydrogens (tertiary/aromatic N) is 4. The third-order valence-electron chi connectivity index (χ3n) is 5.47. The number of aliphatic hydroxyl groups excluding tert-OH is 2. The van der Waals surface area contributed by atoms with Crippen molar-refractivity contribution in [2.75, 3.05) is 12.3 Å². The Balaban J connectivity index is 1.35. The van der Waals surface area contributed by atoms with Crippen molar-refractivity contribution >= 4 is 63.3 Å². The minimum atomic E-state index is -5.74. The van der Waals surface area contributed by atoms with Gasteiger partial charge in [-0.1, -0.05) is 6.07 Å². The predicted octanol–water partition coefficient (Wildman–Crippen LogP) is 1.83. The van der Waals surface area contributed by atoms with E-state index in [0.29, 0.717) is 11.2 Å². The number of anilines is 1. The minimum Gasteiger partial charge on any atom is -0.387 e. The van der Waals surface area contributed by atoms with Crippen LogP contribution in [-0.2, 0) is 31.6 Å². The van der Waals surface area contributed by atoms with Gasteiger partial charge in [-0.05, 0) is 23.6 Å². The fraction of sp³-hybridized carbons (Fsp3) is 0.278. The maximum absolute atomic E-state index is 12.0. The van der Waals surface area contributed by atoms with Crippen LogP contribution in [0.5, 0.6) is 0 Å². The van der Waals surface area contributed by atoms with Crippen LogP contribution in [0.4, 0.5) is 5.95 Å². The number of imidazole rings is 1. The molecule has 1 fully saturated rings. The van der Waals surface area contributed by atoms with Crippen molar-refractivity contribution in [2.45, 2.75) is 24.5 Å².